The minimum atomic E-state index is -0.886. The van der Waals surface area contributed by atoms with E-state index in [9.17, 15) is 4.79 Å². The van der Waals surface area contributed by atoms with Crippen molar-refractivity contribution in [3.05, 3.63) is 11.8 Å². The molecule has 0 saturated carbocycles. The van der Waals surface area contributed by atoms with Gasteiger partial charge in [0.2, 0.25) is 11.6 Å². The molecule has 6 nitrogen and oxygen atoms in total. The van der Waals surface area contributed by atoms with Crippen molar-refractivity contribution in [1.29, 1.82) is 0 Å². The minimum Gasteiger partial charge on any atom is -0.371 e. The molecule has 0 aromatic heterocycles. The molecule has 0 unspecified atom stereocenters. The Morgan fingerprint density at radius 3 is 3.17 bits per heavy atom. The maximum atomic E-state index is 12.1. The van der Waals surface area contributed by atoms with E-state index in [1.807, 2.05) is 18.9 Å². The van der Waals surface area contributed by atoms with Gasteiger partial charge in [-0.1, -0.05) is 0 Å². The van der Waals surface area contributed by atoms with Gasteiger partial charge in [0.1, 0.15) is 5.71 Å². The number of nitrogens with zero attached hydrogens (tertiary/aromatic N) is 2. The first-order valence-electron chi connectivity index (χ1n) is 6.10. The molecule has 3 rings (SSSR count). The molecule has 0 bridgehead atoms. The van der Waals surface area contributed by atoms with Crippen LogP contribution < -0.4 is 5.43 Å². The molecule has 0 radical (unpaired) electrons. The van der Waals surface area contributed by atoms with Gasteiger partial charge in [-0.2, -0.15) is 5.10 Å². The van der Waals surface area contributed by atoms with E-state index in [0.29, 0.717) is 12.3 Å². The van der Waals surface area contributed by atoms with Crippen molar-refractivity contribution in [1.82, 2.24) is 10.3 Å². The fourth-order valence-corrected chi connectivity index (χ4v) is 3.01. The summed E-state index contributed by atoms with van der Waals surface area (Å²) in [5.41, 5.74) is 4.25. The molecule has 0 amide bonds. The SMILES string of the molecule is CO[C@]12OCCN(C)C1=CC(=O)C1=NN[C@H](C)[C@@H]12. The number of fused-ring (bicyclic) bond motifs is 3. The highest BCUT2D eigenvalue weighted by molar-refractivity contribution is 6.46. The van der Waals surface area contributed by atoms with Gasteiger partial charge in [-0.3, -0.25) is 4.79 Å². The zero-order chi connectivity index (χ0) is 12.9. The van der Waals surface area contributed by atoms with Gasteiger partial charge in [0, 0.05) is 26.8 Å². The van der Waals surface area contributed by atoms with Gasteiger partial charge in [-0.25, -0.2) is 0 Å². The first-order chi connectivity index (χ1) is 8.60. The van der Waals surface area contributed by atoms with Crippen LogP contribution in [0.3, 0.4) is 0 Å². The second-order valence-electron chi connectivity index (χ2n) is 4.93. The van der Waals surface area contributed by atoms with Crippen LogP contribution in [0.4, 0.5) is 0 Å². The number of nitrogens with one attached hydrogen (secondary N) is 1. The summed E-state index contributed by atoms with van der Waals surface area (Å²) in [5, 5.41) is 4.12. The Bertz CT molecular complexity index is 459. The van der Waals surface area contributed by atoms with Crippen molar-refractivity contribution in [3.8, 4) is 0 Å². The smallest absolute Gasteiger partial charge is 0.220 e. The molecule has 2 aliphatic heterocycles. The summed E-state index contributed by atoms with van der Waals surface area (Å²) < 4.78 is 11.6. The normalized spacial score (nSPS) is 38.6. The maximum absolute atomic E-state index is 12.1. The third-order valence-corrected chi connectivity index (χ3v) is 3.93. The molecule has 6 heteroatoms. The average Bonchev–Trinajstić information content (AvgIpc) is 2.75. The molecule has 3 atom stereocenters. The average molecular weight is 251 g/mol. The zero-order valence-corrected chi connectivity index (χ0v) is 10.8. The lowest BCUT2D eigenvalue weighted by atomic mass is 9.79. The molecule has 0 spiro atoms. The number of ether oxygens (including phenoxy) is 2. The van der Waals surface area contributed by atoms with Crippen molar-refractivity contribution in [2.45, 2.75) is 18.8 Å². The van der Waals surface area contributed by atoms with Crippen LogP contribution in [0.2, 0.25) is 0 Å². The summed E-state index contributed by atoms with van der Waals surface area (Å²) in [4.78, 5) is 14.1. The zero-order valence-electron chi connectivity index (χ0n) is 10.8. The molecule has 0 aromatic carbocycles. The van der Waals surface area contributed by atoms with E-state index in [4.69, 9.17) is 9.47 Å². The van der Waals surface area contributed by atoms with Crippen LogP contribution in [-0.4, -0.2) is 55.5 Å². The van der Waals surface area contributed by atoms with Crippen LogP contribution in [0.5, 0.6) is 0 Å². The number of allylic oxidation sites excluding steroid dienone is 1. The number of carbonyl (C=O) groups is 1. The van der Waals surface area contributed by atoms with Crippen LogP contribution in [0.15, 0.2) is 16.9 Å². The van der Waals surface area contributed by atoms with Gasteiger partial charge < -0.3 is 19.8 Å². The van der Waals surface area contributed by atoms with Gasteiger partial charge in [-0.05, 0) is 6.92 Å². The number of ketones is 1. The fourth-order valence-electron chi connectivity index (χ4n) is 3.01. The van der Waals surface area contributed by atoms with Crippen molar-refractivity contribution in [2.75, 3.05) is 27.3 Å². The number of methoxy groups -OCH3 is 1. The predicted molar refractivity (Wildman–Crippen MR) is 64.9 cm³/mol. The molecular formula is C12H17N3O3. The van der Waals surface area contributed by atoms with Crippen molar-refractivity contribution >= 4 is 11.5 Å². The van der Waals surface area contributed by atoms with E-state index in [1.54, 1.807) is 13.2 Å². The third kappa shape index (κ3) is 1.30. The quantitative estimate of drug-likeness (QED) is 0.694. The molecular weight excluding hydrogens is 234 g/mol. The van der Waals surface area contributed by atoms with E-state index >= 15 is 0 Å². The van der Waals surface area contributed by atoms with Gasteiger partial charge in [-0.15, -0.1) is 0 Å². The van der Waals surface area contributed by atoms with Crippen LogP contribution >= 0.6 is 0 Å². The number of morpholine rings is 1. The Morgan fingerprint density at radius 2 is 2.44 bits per heavy atom. The first-order valence-corrected chi connectivity index (χ1v) is 6.10. The van der Waals surface area contributed by atoms with Crippen LogP contribution in [0, 0.1) is 5.92 Å². The fraction of sp³-hybridized carbons (Fsp3) is 0.667. The number of rotatable bonds is 1. The van der Waals surface area contributed by atoms with Gasteiger partial charge in [0.05, 0.1) is 24.3 Å². The Balaban J connectivity index is 2.15. The standard InChI is InChI=1S/C12H17N3O3/c1-7-10-11(14-13-7)8(16)6-9-12(10,17-3)18-5-4-15(9)2/h6-7,10,13H,4-5H2,1-3H3/t7-,10+,12+/m1/s1. The largest absolute Gasteiger partial charge is 0.371 e. The molecule has 1 N–H and O–H groups in total. The second kappa shape index (κ2) is 3.80. The third-order valence-electron chi connectivity index (χ3n) is 3.93. The highest BCUT2D eigenvalue weighted by Crippen LogP contribution is 2.42. The molecule has 0 aromatic rings. The Labute approximate surface area is 106 Å². The molecule has 1 fully saturated rings. The molecule has 1 saturated heterocycles. The van der Waals surface area contributed by atoms with E-state index in [0.717, 1.165) is 12.2 Å². The lowest BCUT2D eigenvalue weighted by Gasteiger charge is -2.48. The number of hydrogen-bond acceptors (Lipinski definition) is 6. The topological polar surface area (TPSA) is 63.2 Å². The van der Waals surface area contributed by atoms with E-state index in [2.05, 4.69) is 10.5 Å². The van der Waals surface area contributed by atoms with Crippen molar-refractivity contribution in [2.24, 2.45) is 11.0 Å². The van der Waals surface area contributed by atoms with E-state index < -0.39 is 5.79 Å². The summed E-state index contributed by atoms with van der Waals surface area (Å²) in [6.45, 7) is 3.31. The summed E-state index contributed by atoms with van der Waals surface area (Å²) in [7, 11) is 3.57. The monoisotopic (exact) mass is 251 g/mol. The summed E-state index contributed by atoms with van der Waals surface area (Å²) in [5.74, 6) is -1.14. The highest BCUT2D eigenvalue weighted by Gasteiger charge is 2.57. The molecule has 18 heavy (non-hydrogen) atoms. The number of hydrazone groups is 1. The highest BCUT2D eigenvalue weighted by atomic mass is 16.7. The number of likely N-dealkylation sites (N-methyl/N-ethyl adjacent to an activating group) is 1. The molecule has 3 aliphatic rings. The Hall–Kier alpha value is -1.40. The van der Waals surface area contributed by atoms with Gasteiger partial charge >= 0.3 is 0 Å². The van der Waals surface area contributed by atoms with Crippen LogP contribution in [-0.2, 0) is 14.3 Å². The lowest BCUT2D eigenvalue weighted by Crippen LogP contribution is -2.61. The maximum Gasteiger partial charge on any atom is 0.220 e. The Morgan fingerprint density at radius 1 is 1.67 bits per heavy atom. The summed E-state index contributed by atoms with van der Waals surface area (Å²) in [6, 6.07) is 0.0131. The second-order valence-corrected chi connectivity index (χ2v) is 4.93. The number of hydrogen-bond donors (Lipinski definition) is 1. The Kier molecular flexibility index (Phi) is 2.46. The van der Waals surface area contributed by atoms with Gasteiger partial charge in [0.25, 0.3) is 0 Å². The van der Waals surface area contributed by atoms with E-state index in [1.165, 1.54) is 0 Å². The van der Waals surface area contributed by atoms with E-state index in [-0.39, 0.29) is 17.7 Å². The van der Waals surface area contributed by atoms with Crippen molar-refractivity contribution in [3.63, 3.8) is 0 Å². The number of carbonyl (C=O) groups excluding carboxylic acids is 1. The lowest BCUT2D eigenvalue weighted by molar-refractivity contribution is -0.245. The van der Waals surface area contributed by atoms with Crippen molar-refractivity contribution < 1.29 is 14.3 Å². The molecule has 1 aliphatic carbocycles. The summed E-state index contributed by atoms with van der Waals surface area (Å²) in [6.07, 6.45) is 1.58. The first kappa shape index (κ1) is 11.7. The van der Waals surface area contributed by atoms with Crippen LogP contribution in [0.25, 0.3) is 0 Å². The molecule has 98 valence electrons. The summed E-state index contributed by atoms with van der Waals surface area (Å²) >= 11 is 0. The minimum absolute atomic E-state index is 0.0131. The predicted octanol–water partition coefficient (Wildman–Crippen LogP) is -0.278. The van der Waals surface area contributed by atoms with Gasteiger partial charge in [0.15, 0.2) is 0 Å². The van der Waals surface area contributed by atoms with Crippen LogP contribution in [0.1, 0.15) is 6.92 Å². The molecule has 2 heterocycles.